The molecule has 1 aliphatic rings. The van der Waals surface area contributed by atoms with Gasteiger partial charge in [0, 0.05) is 10.8 Å². The SMILES string of the molecule is C.C.CC1CCC(C)CC1.Cc1ccc2c(oc3c(F)c(C)ccc32)c1F. The zero-order valence-corrected chi connectivity index (χ0v) is 15.5. The molecule has 1 saturated carbocycles. The first-order valence-electron chi connectivity index (χ1n) is 9.15. The summed E-state index contributed by atoms with van der Waals surface area (Å²) in [7, 11) is 0. The van der Waals surface area contributed by atoms with Gasteiger partial charge in [-0.3, -0.25) is 0 Å². The summed E-state index contributed by atoms with van der Waals surface area (Å²) < 4.78 is 33.0. The monoisotopic (exact) mass is 376 g/mol. The molecule has 3 aromatic rings. The van der Waals surface area contributed by atoms with Gasteiger partial charge >= 0.3 is 0 Å². The van der Waals surface area contributed by atoms with Crippen LogP contribution in [0.4, 0.5) is 8.78 Å². The van der Waals surface area contributed by atoms with Crippen LogP contribution in [0.1, 0.15) is 65.5 Å². The average molecular weight is 377 g/mol. The van der Waals surface area contributed by atoms with Crippen LogP contribution in [0.5, 0.6) is 0 Å². The zero-order chi connectivity index (χ0) is 18.1. The Labute approximate surface area is 162 Å². The molecule has 1 aromatic heterocycles. The van der Waals surface area contributed by atoms with Gasteiger partial charge in [-0.05, 0) is 36.8 Å². The van der Waals surface area contributed by atoms with Crippen LogP contribution in [0.3, 0.4) is 0 Å². The number of furan rings is 1. The Balaban J connectivity index is 0.000000313. The van der Waals surface area contributed by atoms with Gasteiger partial charge in [-0.25, -0.2) is 8.78 Å². The van der Waals surface area contributed by atoms with Crippen LogP contribution < -0.4 is 0 Å². The highest BCUT2D eigenvalue weighted by Gasteiger charge is 2.16. The smallest absolute Gasteiger partial charge is 0.171 e. The molecule has 0 unspecified atom stereocenters. The lowest BCUT2D eigenvalue weighted by molar-refractivity contribution is 0.308. The molecule has 3 heteroatoms. The molecule has 0 N–H and O–H groups in total. The summed E-state index contributed by atoms with van der Waals surface area (Å²) in [6.45, 7) is 8.05. The topological polar surface area (TPSA) is 13.1 Å². The van der Waals surface area contributed by atoms with Gasteiger partial charge < -0.3 is 4.42 Å². The maximum atomic E-state index is 13.9. The predicted octanol–water partition coefficient (Wildman–Crippen LogP) is 8.59. The predicted molar refractivity (Wildman–Crippen MR) is 113 cm³/mol. The summed E-state index contributed by atoms with van der Waals surface area (Å²) in [5.41, 5.74) is 1.25. The number of halogens is 2. The third-order valence-electron chi connectivity index (χ3n) is 5.38. The van der Waals surface area contributed by atoms with Crippen molar-refractivity contribution >= 4 is 21.9 Å². The molecular weight excluding hydrogens is 342 g/mol. The molecule has 0 spiro atoms. The Morgan fingerprint density at radius 1 is 0.704 bits per heavy atom. The highest BCUT2D eigenvalue weighted by molar-refractivity contribution is 6.05. The number of aryl methyl sites for hydroxylation is 2. The molecule has 0 saturated heterocycles. The van der Waals surface area contributed by atoms with Gasteiger partial charge in [-0.15, -0.1) is 0 Å². The fraction of sp³-hybridized carbons (Fsp3) is 0.500. The van der Waals surface area contributed by atoms with E-state index >= 15 is 0 Å². The van der Waals surface area contributed by atoms with E-state index in [0.717, 1.165) is 11.8 Å². The number of hydrogen-bond acceptors (Lipinski definition) is 1. The summed E-state index contributed by atoms with van der Waals surface area (Å²) in [5, 5.41) is 1.23. The summed E-state index contributed by atoms with van der Waals surface area (Å²) in [4.78, 5) is 0. The van der Waals surface area contributed by atoms with Crippen LogP contribution in [-0.4, -0.2) is 0 Å². The van der Waals surface area contributed by atoms with Crippen molar-refractivity contribution in [3.63, 3.8) is 0 Å². The van der Waals surface area contributed by atoms with Gasteiger partial charge in [-0.2, -0.15) is 0 Å². The van der Waals surface area contributed by atoms with E-state index in [9.17, 15) is 8.78 Å². The summed E-state index contributed by atoms with van der Waals surface area (Å²) in [6.07, 6.45) is 5.89. The molecular formula is C24H34F2O. The second kappa shape index (κ2) is 9.34. The van der Waals surface area contributed by atoms with Crippen LogP contribution >= 0.6 is 0 Å². The first-order valence-corrected chi connectivity index (χ1v) is 9.15. The lowest BCUT2D eigenvalue weighted by atomic mass is 9.84. The van der Waals surface area contributed by atoms with E-state index < -0.39 is 11.6 Å². The van der Waals surface area contributed by atoms with Crippen molar-refractivity contribution in [3.8, 4) is 0 Å². The molecule has 0 radical (unpaired) electrons. The number of hydrogen-bond donors (Lipinski definition) is 0. The normalized spacial score (nSPS) is 19.0. The number of benzene rings is 2. The van der Waals surface area contributed by atoms with E-state index in [2.05, 4.69) is 13.8 Å². The van der Waals surface area contributed by atoms with Gasteiger partial charge in [0.05, 0.1) is 0 Å². The molecule has 0 bridgehead atoms. The molecule has 150 valence electrons. The van der Waals surface area contributed by atoms with Crippen molar-refractivity contribution in [1.82, 2.24) is 0 Å². The van der Waals surface area contributed by atoms with E-state index in [1.54, 1.807) is 38.1 Å². The zero-order valence-electron chi connectivity index (χ0n) is 15.5. The number of rotatable bonds is 0. The van der Waals surface area contributed by atoms with E-state index in [0.29, 0.717) is 21.9 Å². The quantitative estimate of drug-likeness (QED) is 0.383. The molecule has 0 aliphatic heterocycles. The molecule has 1 fully saturated rings. The van der Waals surface area contributed by atoms with Crippen molar-refractivity contribution in [2.24, 2.45) is 11.8 Å². The Kier molecular flexibility index (Phi) is 8.01. The van der Waals surface area contributed by atoms with Crippen LogP contribution in [0.15, 0.2) is 28.7 Å². The molecule has 1 aliphatic carbocycles. The first-order chi connectivity index (χ1) is 11.9. The fourth-order valence-corrected chi connectivity index (χ4v) is 3.46. The van der Waals surface area contributed by atoms with Crippen molar-refractivity contribution in [2.75, 3.05) is 0 Å². The number of fused-ring (bicyclic) bond motifs is 3. The molecule has 0 atom stereocenters. The standard InChI is InChI=1S/C14H10F2O.C8H16.2CH4/c1-7-3-5-9-10-6-4-8(2)12(16)14(10)17-13(9)11(7)15;1-7-3-5-8(2)6-4-7;;/h3-6H,1-2H3;7-8H,3-6H2,1-2H3;2*1H4. The maximum Gasteiger partial charge on any atom is 0.171 e. The summed E-state index contributed by atoms with van der Waals surface area (Å²) >= 11 is 0. The largest absolute Gasteiger partial charge is 0.450 e. The van der Waals surface area contributed by atoms with E-state index in [1.165, 1.54) is 25.7 Å². The van der Waals surface area contributed by atoms with Crippen molar-refractivity contribution in [1.29, 1.82) is 0 Å². The second-order valence-corrected chi connectivity index (χ2v) is 7.61. The second-order valence-electron chi connectivity index (χ2n) is 7.61. The van der Waals surface area contributed by atoms with Crippen LogP contribution in [-0.2, 0) is 0 Å². The van der Waals surface area contributed by atoms with Gasteiger partial charge in [0.15, 0.2) is 22.8 Å². The highest BCUT2D eigenvalue weighted by atomic mass is 19.1. The van der Waals surface area contributed by atoms with Gasteiger partial charge in [-0.1, -0.05) is 78.6 Å². The fourth-order valence-electron chi connectivity index (χ4n) is 3.46. The summed E-state index contributed by atoms with van der Waals surface area (Å²) in [6, 6.07) is 6.86. The van der Waals surface area contributed by atoms with Crippen LogP contribution in [0, 0.1) is 37.3 Å². The highest BCUT2D eigenvalue weighted by Crippen LogP contribution is 2.33. The molecule has 1 heterocycles. The van der Waals surface area contributed by atoms with Gasteiger partial charge in [0.2, 0.25) is 0 Å². The third-order valence-corrected chi connectivity index (χ3v) is 5.38. The Morgan fingerprint density at radius 2 is 1.04 bits per heavy atom. The van der Waals surface area contributed by atoms with Crippen molar-refractivity contribution < 1.29 is 13.2 Å². The van der Waals surface area contributed by atoms with E-state index in [1.807, 2.05) is 0 Å². The van der Waals surface area contributed by atoms with Crippen molar-refractivity contribution in [3.05, 3.63) is 47.0 Å². The third kappa shape index (κ3) is 4.69. The van der Waals surface area contributed by atoms with Gasteiger partial charge in [0.1, 0.15) is 0 Å². The Morgan fingerprint density at radius 3 is 1.37 bits per heavy atom. The van der Waals surface area contributed by atoms with Crippen LogP contribution in [0.25, 0.3) is 21.9 Å². The molecule has 1 nitrogen and oxygen atoms in total. The van der Waals surface area contributed by atoms with E-state index in [4.69, 9.17) is 4.42 Å². The Bertz CT molecular complexity index is 814. The molecule has 0 amide bonds. The van der Waals surface area contributed by atoms with Crippen LogP contribution in [0.2, 0.25) is 0 Å². The minimum atomic E-state index is -0.421. The minimum absolute atomic E-state index is 0. The molecule has 27 heavy (non-hydrogen) atoms. The molecule has 2 aromatic carbocycles. The minimum Gasteiger partial charge on any atom is -0.450 e. The maximum absolute atomic E-state index is 13.9. The Hall–Kier alpha value is -1.90. The lowest BCUT2D eigenvalue weighted by Crippen LogP contribution is -2.08. The van der Waals surface area contributed by atoms with E-state index in [-0.39, 0.29) is 26.0 Å². The van der Waals surface area contributed by atoms with Gasteiger partial charge in [0.25, 0.3) is 0 Å². The average Bonchev–Trinajstić information content (AvgIpc) is 2.98. The lowest BCUT2D eigenvalue weighted by Gasteiger charge is -2.22. The molecule has 4 rings (SSSR count). The first kappa shape index (κ1) is 23.1. The summed E-state index contributed by atoms with van der Waals surface area (Å²) in [5.74, 6) is 1.20. The van der Waals surface area contributed by atoms with Crippen molar-refractivity contribution in [2.45, 2.75) is 68.2 Å².